The van der Waals surface area contributed by atoms with E-state index in [1.54, 1.807) is 6.08 Å². The van der Waals surface area contributed by atoms with Crippen LogP contribution in [0.25, 0.3) is 0 Å². The Hall–Kier alpha value is -1.50. The highest BCUT2D eigenvalue weighted by Gasteiger charge is 2.74. The van der Waals surface area contributed by atoms with Crippen LogP contribution in [0.15, 0.2) is 23.3 Å². The fourth-order valence-electron chi connectivity index (χ4n) is 9.12. The standard InChI is InChI=1S/C27H36O6/c1-14-16(15-7-9-31-12-15)10-17-21(14)27(4)18(11-20(29)30-5)25(2)8-6-19(28)26(3)13-32-22(23(25)26)24(27)33-17/h6,8,15-18,22-24H,7,9-13H2,1-5H3/t15?,16-,17-,18-,22?,23?,24-,25-,26-,27-/m1/s1. The number of esters is 1. The molecule has 3 aliphatic heterocycles. The lowest BCUT2D eigenvalue weighted by atomic mass is 9.42. The van der Waals surface area contributed by atoms with Gasteiger partial charge in [0.15, 0.2) is 5.78 Å². The van der Waals surface area contributed by atoms with Gasteiger partial charge in [-0.2, -0.15) is 0 Å². The van der Waals surface area contributed by atoms with Crippen molar-refractivity contribution in [3.63, 3.8) is 0 Å². The highest BCUT2D eigenvalue weighted by Crippen LogP contribution is 2.71. The van der Waals surface area contributed by atoms with Gasteiger partial charge in [0, 0.05) is 17.9 Å². The van der Waals surface area contributed by atoms with E-state index >= 15 is 0 Å². The van der Waals surface area contributed by atoms with Crippen molar-refractivity contribution < 1.29 is 28.5 Å². The van der Waals surface area contributed by atoms with Gasteiger partial charge in [-0.3, -0.25) is 9.59 Å². The lowest BCUT2D eigenvalue weighted by molar-refractivity contribution is -0.178. The van der Waals surface area contributed by atoms with Gasteiger partial charge < -0.3 is 18.9 Å². The zero-order valence-electron chi connectivity index (χ0n) is 20.4. The Morgan fingerprint density at radius 1 is 1.27 bits per heavy atom. The predicted molar refractivity (Wildman–Crippen MR) is 120 cm³/mol. The quantitative estimate of drug-likeness (QED) is 0.478. The SMILES string of the molecule is COC(=O)C[C@H]1[C@]2(C)C3=C(C)[C@H](C4CCOC4)C[C@H]3O[C@@H]2C2OC[C@]3(C)C(=O)C=C[C@@]1(C)C23. The van der Waals surface area contributed by atoms with Crippen molar-refractivity contribution in [1.82, 2.24) is 0 Å². The van der Waals surface area contributed by atoms with Crippen molar-refractivity contribution in [2.24, 2.45) is 39.9 Å². The van der Waals surface area contributed by atoms with Crippen LogP contribution in [0.1, 0.15) is 47.0 Å². The zero-order valence-corrected chi connectivity index (χ0v) is 20.4. The van der Waals surface area contributed by atoms with Crippen molar-refractivity contribution in [2.75, 3.05) is 26.9 Å². The minimum atomic E-state index is -0.585. The van der Waals surface area contributed by atoms with E-state index in [4.69, 9.17) is 18.9 Å². The Bertz CT molecular complexity index is 962. The van der Waals surface area contributed by atoms with E-state index in [0.717, 1.165) is 26.1 Å². The normalized spacial score (nSPS) is 52.2. The van der Waals surface area contributed by atoms with Gasteiger partial charge in [-0.25, -0.2) is 0 Å². The van der Waals surface area contributed by atoms with Gasteiger partial charge in [0.25, 0.3) is 0 Å². The van der Waals surface area contributed by atoms with Gasteiger partial charge in [0.05, 0.1) is 50.5 Å². The average molecular weight is 457 g/mol. The third-order valence-electron chi connectivity index (χ3n) is 10.6. The highest BCUT2D eigenvalue weighted by atomic mass is 16.6. The molecule has 180 valence electrons. The minimum absolute atomic E-state index is 0.0195. The molecule has 10 atom stereocenters. The number of allylic oxidation sites excluding steroid dienone is 3. The van der Waals surface area contributed by atoms with E-state index in [9.17, 15) is 9.59 Å². The van der Waals surface area contributed by atoms with Crippen LogP contribution < -0.4 is 0 Å². The molecule has 0 bridgehead atoms. The number of carbonyl (C=O) groups excluding carboxylic acids is 2. The molecule has 3 aliphatic carbocycles. The van der Waals surface area contributed by atoms with Crippen molar-refractivity contribution in [3.8, 4) is 0 Å². The van der Waals surface area contributed by atoms with Crippen LogP contribution in [0.3, 0.4) is 0 Å². The number of fused-ring (bicyclic) bond motifs is 4. The van der Waals surface area contributed by atoms with E-state index in [0.29, 0.717) is 24.9 Å². The van der Waals surface area contributed by atoms with Crippen molar-refractivity contribution in [2.45, 2.75) is 65.3 Å². The summed E-state index contributed by atoms with van der Waals surface area (Å²) in [4.78, 5) is 25.8. The van der Waals surface area contributed by atoms with Crippen LogP contribution in [-0.4, -0.2) is 57.0 Å². The summed E-state index contributed by atoms with van der Waals surface area (Å²) >= 11 is 0. The monoisotopic (exact) mass is 456 g/mol. The number of methoxy groups -OCH3 is 1. The summed E-state index contributed by atoms with van der Waals surface area (Å²) in [6.45, 7) is 10.9. The van der Waals surface area contributed by atoms with Gasteiger partial charge in [-0.1, -0.05) is 25.5 Å². The second-order valence-corrected chi connectivity index (χ2v) is 12.0. The topological polar surface area (TPSA) is 71.1 Å². The average Bonchev–Trinajstić information content (AvgIpc) is 3.54. The van der Waals surface area contributed by atoms with Gasteiger partial charge in [-0.15, -0.1) is 0 Å². The molecule has 0 spiro atoms. The fourth-order valence-corrected chi connectivity index (χ4v) is 9.12. The summed E-state index contributed by atoms with van der Waals surface area (Å²) in [5.41, 5.74) is 1.49. The molecule has 3 saturated heterocycles. The highest BCUT2D eigenvalue weighted by molar-refractivity contribution is 5.96. The van der Waals surface area contributed by atoms with Crippen LogP contribution in [0.5, 0.6) is 0 Å². The summed E-state index contributed by atoms with van der Waals surface area (Å²) in [6.07, 6.45) is 5.94. The van der Waals surface area contributed by atoms with Crippen LogP contribution in [0.2, 0.25) is 0 Å². The molecule has 6 nitrogen and oxygen atoms in total. The van der Waals surface area contributed by atoms with Crippen molar-refractivity contribution >= 4 is 11.8 Å². The third kappa shape index (κ3) is 2.61. The molecule has 1 saturated carbocycles. The smallest absolute Gasteiger partial charge is 0.305 e. The number of ether oxygens (including phenoxy) is 4. The second kappa shape index (κ2) is 7.02. The second-order valence-electron chi connectivity index (χ2n) is 12.0. The molecule has 0 aromatic heterocycles. The molecular formula is C27H36O6. The van der Waals surface area contributed by atoms with E-state index in [1.165, 1.54) is 18.3 Å². The molecule has 6 aliphatic rings. The lowest BCUT2D eigenvalue weighted by Gasteiger charge is -2.60. The van der Waals surface area contributed by atoms with E-state index < -0.39 is 5.41 Å². The molecule has 0 radical (unpaired) electrons. The summed E-state index contributed by atoms with van der Waals surface area (Å²) in [7, 11) is 1.46. The van der Waals surface area contributed by atoms with Gasteiger partial charge in [0.2, 0.25) is 0 Å². The molecule has 0 aromatic carbocycles. The summed E-state index contributed by atoms with van der Waals surface area (Å²) < 4.78 is 24.3. The Kier molecular flexibility index (Phi) is 4.68. The van der Waals surface area contributed by atoms with E-state index in [2.05, 4.69) is 26.8 Å². The van der Waals surface area contributed by atoms with Crippen LogP contribution in [0.4, 0.5) is 0 Å². The fraction of sp³-hybridized carbons (Fsp3) is 0.778. The Balaban J connectivity index is 1.51. The largest absolute Gasteiger partial charge is 0.469 e. The number of rotatable bonds is 3. The molecular weight excluding hydrogens is 420 g/mol. The molecule has 0 aromatic rings. The molecule has 6 rings (SSSR count). The predicted octanol–water partition coefficient (Wildman–Crippen LogP) is 3.49. The maximum Gasteiger partial charge on any atom is 0.305 e. The Morgan fingerprint density at radius 3 is 2.76 bits per heavy atom. The van der Waals surface area contributed by atoms with Crippen LogP contribution >= 0.6 is 0 Å². The van der Waals surface area contributed by atoms with Crippen LogP contribution in [0, 0.1) is 39.9 Å². The first-order valence-electron chi connectivity index (χ1n) is 12.5. The van der Waals surface area contributed by atoms with Gasteiger partial charge >= 0.3 is 5.97 Å². The maximum absolute atomic E-state index is 13.0. The van der Waals surface area contributed by atoms with E-state index in [1.807, 2.05) is 6.92 Å². The first-order chi connectivity index (χ1) is 15.7. The van der Waals surface area contributed by atoms with Crippen molar-refractivity contribution in [3.05, 3.63) is 23.3 Å². The number of carbonyl (C=O) groups is 2. The molecule has 33 heavy (non-hydrogen) atoms. The summed E-state index contributed by atoms with van der Waals surface area (Å²) in [5.74, 6) is 0.871. The van der Waals surface area contributed by atoms with Gasteiger partial charge in [0.1, 0.15) is 0 Å². The number of ketones is 1. The first kappa shape index (κ1) is 22.0. The molecule has 0 N–H and O–H groups in total. The first-order valence-corrected chi connectivity index (χ1v) is 12.5. The Labute approximate surface area is 196 Å². The molecule has 3 unspecified atom stereocenters. The lowest BCUT2D eigenvalue weighted by Crippen LogP contribution is -2.64. The third-order valence-corrected chi connectivity index (χ3v) is 10.6. The number of hydrogen-bond donors (Lipinski definition) is 0. The summed E-state index contributed by atoms with van der Waals surface area (Å²) in [5, 5.41) is 0. The van der Waals surface area contributed by atoms with Gasteiger partial charge in [-0.05, 0) is 61.5 Å². The molecule has 6 heteroatoms. The van der Waals surface area contributed by atoms with Crippen molar-refractivity contribution in [1.29, 1.82) is 0 Å². The summed E-state index contributed by atoms with van der Waals surface area (Å²) in [6, 6.07) is 0. The number of hydrogen-bond acceptors (Lipinski definition) is 6. The minimum Gasteiger partial charge on any atom is -0.469 e. The van der Waals surface area contributed by atoms with Crippen LogP contribution in [-0.2, 0) is 28.5 Å². The Morgan fingerprint density at radius 2 is 2.06 bits per heavy atom. The van der Waals surface area contributed by atoms with E-state index in [-0.39, 0.29) is 52.7 Å². The maximum atomic E-state index is 13.0. The zero-order chi connectivity index (χ0) is 23.3. The molecule has 4 fully saturated rings. The molecule has 3 heterocycles. The molecule has 0 amide bonds.